The van der Waals surface area contributed by atoms with Crippen molar-refractivity contribution in [2.75, 3.05) is 0 Å². The molecular weight excluding hydrogens is 194 g/mol. The van der Waals surface area contributed by atoms with Crippen LogP contribution in [0.4, 0.5) is 0 Å². The SMILES string of the molecule is CC(=O)O/N=C1/Cc2ccccc2C1=O. The molecule has 0 spiro atoms. The van der Waals surface area contributed by atoms with Crippen LogP contribution in [0.15, 0.2) is 29.4 Å². The quantitative estimate of drug-likeness (QED) is 0.511. The lowest BCUT2D eigenvalue weighted by Crippen LogP contribution is -2.09. The summed E-state index contributed by atoms with van der Waals surface area (Å²) in [6.07, 6.45) is 0.433. The first-order valence-electron chi connectivity index (χ1n) is 4.55. The third kappa shape index (κ3) is 1.79. The molecule has 1 aliphatic carbocycles. The highest BCUT2D eigenvalue weighted by Crippen LogP contribution is 2.19. The molecule has 4 heteroatoms. The summed E-state index contributed by atoms with van der Waals surface area (Å²) < 4.78 is 0. The molecule has 0 saturated carbocycles. The van der Waals surface area contributed by atoms with Gasteiger partial charge in [0, 0.05) is 18.9 Å². The van der Waals surface area contributed by atoms with E-state index in [2.05, 4.69) is 9.99 Å². The summed E-state index contributed by atoms with van der Waals surface area (Å²) in [5.74, 6) is -0.682. The maximum Gasteiger partial charge on any atom is 0.331 e. The number of hydrogen-bond acceptors (Lipinski definition) is 4. The van der Waals surface area contributed by atoms with Crippen LogP contribution < -0.4 is 0 Å². The van der Waals surface area contributed by atoms with E-state index in [1.807, 2.05) is 12.1 Å². The maximum atomic E-state index is 11.7. The minimum atomic E-state index is -0.522. The predicted octanol–water partition coefficient (Wildman–Crippen LogP) is 1.34. The number of oxime groups is 1. The number of hydrogen-bond donors (Lipinski definition) is 0. The topological polar surface area (TPSA) is 55.7 Å². The van der Waals surface area contributed by atoms with Gasteiger partial charge in [0.25, 0.3) is 0 Å². The molecule has 2 rings (SSSR count). The molecule has 0 bridgehead atoms. The second kappa shape index (κ2) is 3.65. The van der Waals surface area contributed by atoms with Crippen LogP contribution in [0.5, 0.6) is 0 Å². The highest BCUT2D eigenvalue weighted by Gasteiger charge is 2.26. The number of ketones is 1. The van der Waals surface area contributed by atoms with Crippen molar-refractivity contribution >= 4 is 17.5 Å². The Labute approximate surface area is 86.5 Å². The van der Waals surface area contributed by atoms with Gasteiger partial charge in [0.05, 0.1) is 0 Å². The summed E-state index contributed by atoms with van der Waals surface area (Å²) in [5.41, 5.74) is 1.85. The van der Waals surface area contributed by atoms with Crippen LogP contribution in [0.3, 0.4) is 0 Å². The molecule has 0 N–H and O–H groups in total. The fraction of sp³-hybridized carbons (Fsp3) is 0.182. The third-order valence-electron chi connectivity index (χ3n) is 2.17. The van der Waals surface area contributed by atoms with E-state index in [-0.39, 0.29) is 11.5 Å². The van der Waals surface area contributed by atoms with Crippen LogP contribution in [-0.4, -0.2) is 17.5 Å². The van der Waals surface area contributed by atoms with Gasteiger partial charge in [0.1, 0.15) is 5.71 Å². The molecule has 76 valence electrons. The van der Waals surface area contributed by atoms with Crippen LogP contribution in [0.25, 0.3) is 0 Å². The van der Waals surface area contributed by atoms with E-state index in [0.29, 0.717) is 12.0 Å². The molecule has 0 saturated heterocycles. The maximum absolute atomic E-state index is 11.7. The van der Waals surface area contributed by atoms with Gasteiger partial charge in [-0.2, -0.15) is 0 Å². The Morgan fingerprint density at radius 2 is 2.13 bits per heavy atom. The Hall–Kier alpha value is -1.97. The van der Waals surface area contributed by atoms with Gasteiger partial charge in [-0.25, -0.2) is 4.79 Å². The largest absolute Gasteiger partial charge is 0.331 e. The fourth-order valence-electron chi connectivity index (χ4n) is 1.51. The molecule has 0 fully saturated rings. The van der Waals surface area contributed by atoms with Gasteiger partial charge in [0.15, 0.2) is 0 Å². The summed E-state index contributed by atoms with van der Waals surface area (Å²) in [5, 5.41) is 3.54. The smallest absolute Gasteiger partial charge is 0.318 e. The van der Waals surface area contributed by atoms with Crippen molar-refractivity contribution in [2.45, 2.75) is 13.3 Å². The van der Waals surface area contributed by atoms with Crippen LogP contribution in [0, 0.1) is 0 Å². The summed E-state index contributed by atoms with van der Waals surface area (Å²) in [4.78, 5) is 26.7. The van der Waals surface area contributed by atoms with Gasteiger partial charge in [0.2, 0.25) is 5.78 Å². The summed E-state index contributed by atoms with van der Waals surface area (Å²) >= 11 is 0. The number of carbonyl (C=O) groups is 2. The van der Waals surface area contributed by atoms with Crippen molar-refractivity contribution in [2.24, 2.45) is 5.16 Å². The molecule has 0 aliphatic heterocycles. The van der Waals surface area contributed by atoms with E-state index in [4.69, 9.17) is 0 Å². The molecule has 4 nitrogen and oxygen atoms in total. The lowest BCUT2D eigenvalue weighted by Gasteiger charge is -1.92. The van der Waals surface area contributed by atoms with E-state index in [0.717, 1.165) is 5.56 Å². The minimum absolute atomic E-state index is 0.160. The average Bonchev–Trinajstić information content (AvgIpc) is 2.54. The van der Waals surface area contributed by atoms with Crippen LogP contribution >= 0.6 is 0 Å². The van der Waals surface area contributed by atoms with E-state index >= 15 is 0 Å². The van der Waals surface area contributed by atoms with E-state index < -0.39 is 5.97 Å². The molecule has 0 heterocycles. The number of Topliss-reactive ketones (excluding diaryl/α,β-unsaturated/α-hetero) is 1. The molecule has 0 aromatic heterocycles. The summed E-state index contributed by atoms with van der Waals surface area (Å²) in [6.45, 7) is 1.25. The van der Waals surface area contributed by atoms with Crippen LogP contribution in [0.2, 0.25) is 0 Å². The van der Waals surface area contributed by atoms with E-state index in [1.165, 1.54) is 6.92 Å². The summed E-state index contributed by atoms with van der Waals surface area (Å²) in [6, 6.07) is 7.27. The summed E-state index contributed by atoms with van der Waals surface area (Å²) in [7, 11) is 0. The molecule has 0 unspecified atom stereocenters. The highest BCUT2D eigenvalue weighted by atomic mass is 16.7. The molecule has 0 radical (unpaired) electrons. The first kappa shape index (κ1) is 9.58. The normalized spacial score (nSPS) is 16.6. The van der Waals surface area contributed by atoms with Crippen LogP contribution in [-0.2, 0) is 16.1 Å². The molecule has 1 aliphatic rings. The monoisotopic (exact) mass is 203 g/mol. The van der Waals surface area contributed by atoms with E-state index in [1.54, 1.807) is 12.1 Å². The van der Waals surface area contributed by atoms with Crippen molar-refractivity contribution in [3.63, 3.8) is 0 Å². The van der Waals surface area contributed by atoms with E-state index in [9.17, 15) is 9.59 Å². The molecule has 0 atom stereocenters. The van der Waals surface area contributed by atoms with Crippen molar-refractivity contribution in [3.8, 4) is 0 Å². The van der Waals surface area contributed by atoms with Gasteiger partial charge in [-0.05, 0) is 5.56 Å². The van der Waals surface area contributed by atoms with Gasteiger partial charge >= 0.3 is 5.97 Å². The number of carbonyl (C=O) groups excluding carboxylic acids is 2. The Balaban J connectivity index is 2.27. The first-order valence-corrected chi connectivity index (χ1v) is 4.55. The van der Waals surface area contributed by atoms with Gasteiger partial charge in [-0.3, -0.25) is 4.79 Å². The fourth-order valence-corrected chi connectivity index (χ4v) is 1.51. The van der Waals surface area contributed by atoms with Crippen molar-refractivity contribution < 1.29 is 14.4 Å². The third-order valence-corrected chi connectivity index (χ3v) is 2.17. The van der Waals surface area contributed by atoms with Gasteiger partial charge < -0.3 is 4.84 Å². The Morgan fingerprint density at radius 3 is 2.80 bits per heavy atom. The van der Waals surface area contributed by atoms with Crippen molar-refractivity contribution in [1.82, 2.24) is 0 Å². The molecular formula is C11H9NO3. The van der Waals surface area contributed by atoms with Gasteiger partial charge in [-0.1, -0.05) is 29.4 Å². The Bertz CT molecular complexity index is 463. The second-order valence-corrected chi connectivity index (χ2v) is 3.28. The Morgan fingerprint density at radius 1 is 1.40 bits per heavy atom. The second-order valence-electron chi connectivity index (χ2n) is 3.28. The van der Waals surface area contributed by atoms with Crippen LogP contribution in [0.1, 0.15) is 22.8 Å². The number of fused-ring (bicyclic) bond motifs is 1. The Kier molecular flexibility index (Phi) is 2.33. The molecule has 15 heavy (non-hydrogen) atoms. The zero-order valence-corrected chi connectivity index (χ0v) is 8.19. The molecule has 0 amide bonds. The standard InChI is InChI=1S/C11H9NO3/c1-7(13)15-12-10-6-8-4-2-3-5-9(8)11(10)14/h2-5H,6H2,1H3/b12-10-. The van der Waals surface area contributed by atoms with Crippen molar-refractivity contribution in [3.05, 3.63) is 35.4 Å². The molecule has 1 aromatic rings. The zero-order chi connectivity index (χ0) is 10.8. The number of nitrogens with zero attached hydrogens (tertiary/aromatic N) is 1. The number of rotatable bonds is 1. The van der Waals surface area contributed by atoms with Crippen molar-refractivity contribution in [1.29, 1.82) is 0 Å². The zero-order valence-electron chi connectivity index (χ0n) is 8.19. The predicted molar refractivity (Wildman–Crippen MR) is 53.7 cm³/mol. The first-order chi connectivity index (χ1) is 7.18. The van der Waals surface area contributed by atoms with Gasteiger partial charge in [-0.15, -0.1) is 0 Å². The lowest BCUT2D eigenvalue weighted by molar-refractivity contribution is -0.140. The average molecular weight is 203 g/mol. The lowest BCUT2D eigenvalue weighted by atomic mass is 10.1. The molecule has 1 aromatic carbocycles. The minimum Gasteiger partial charge on any atom is -0.318 e. The highest BCUT2D eigenvalue weighted by molar-refractivity contribution is 6.49. The number of benzene rings is 1.